The Morgan fingerprint density at radius 1 is 1.08 bits per heavy atom. The number of carbonyl (C=O) groups is 2. The van der Waals surface area contributed by atoms with Gasteiger partial charge in [0.2, 0.25) is 10.0 Å². The molecule has 1 aromatic rings. The number of rotatable bonds is 7. The van der Waals surface area contributed by atoms with Crippen LogP contribution in [0, 0.1) is 0 Å². The van der Waals surface area contributed by atoms with E-state index < -0.39 is 16.0 Å². The van der Waals surface area contributed by atoms with Gasteiger partial charge < -0.3 is 14.4 Å². The fourth-order valence-electron chi connectivity index (χ4n) is 2.40. The van der Waals surface area contributed by atoms with Crippen molar-refractivity contribution < 1.29 is 27.5 Å². The maximum atomic E-state index is 12.4. The van der Waals surface area contributed by atoms with Gasteiger partial charge in [-0.2, -0.15) is 4.31 Å². The predicted octanol–water partition coefficient (Wildman–Crippen LogP) is 0.321. The summed E-state index contributed by atoms with van der Waals surface area (Å²) in [7, 11) is -2.19. The van der Waals surface area contributed by atoms with Gasteiger partial charge in [-0.05, 0) is 11.6 Å². The number of benzene rings is 1. The van der Waals surface area contributed by atoms with Crippen molar-refractivity contribution in [1.82, 2.24) is 9.21 Å². The highest BCUT2D eigenvalue weighted by atomic mass is 32.2. The summed E-state index contributed by atoms with van der Waals surface area (Å²) >= 11 is 0. The summed E-state index contributed by atoms with van der Waals surface area (Å²) < 4.78 is 35.5. The van der Waals surface area contributed by atoms with Gasteiger partial charge in [0.25, 0.3) is 5.91 Å². The lowest BCUT2D eigenvalue weighted by molar-refractivity contribution is -0.155. The number of hydrogen-bond acceptors (Lipinski definition) is 6. The predicted molar refractivity (Wildman–Crippen MR) is 95.4 cm³/mol. The molecule has 0 aromatic heterocycles. The van der Waals surface area contributed by atoms with E-state index in [0.29, 0.717) is 0 Å². The van der Waals surface area contributed by atoms with Gasteiger partial charge in [0.15, 0.2) is 6.61 Å². The van der Waals surface area contributed by atoms with Crippen LogP contribution in [0.4, 0.5) is 0 Å². The Labute approximate surface area is 153 Å². The molecule has 1 amide bonds. The third kappa shape index (κ3) is 5.94. The monoisotopic (exact) mass is 382 g/mol. The minimum Gasteiger partial charge on any atom is -0.454 e. The quantitative estimate of drug-likeness (QED) is 0.631. The smallest absolute Gasteiger partial charge is 0.332 e. The van der Waals surface area contributed by atoms with E-state index in [9.17, 15) is 18.0 Å². The second-order valence-electron chi connectivity index (χ2n) is 5.63. The zero-order chi connectivity index (χ0) is 19.0. The van der Waals surface area contributed by atoms with E-state index in [1.807, 2.05) is 30.3 Å². The van der Waals surface area contributed by atoms with Gasteiger partial charge in [0.1, 0.15) is 6.61 Å². The minimum absolute atomic E-state index is 0.194. The molecule has 142 valence electrons. The molecule has 1 fully saturated rings. The van der Waals surface area contributed by atoms with Crippen molar-refractivity contribution in [3.05, 3.63) is 41.3 Å². The summed E-state index contributed by atoms with van der Waals surface area (Å²) in [6.45, 7) is 0.298. The maximum absolute atomic E-state index is 12.4. The van der Waals surface area contributed by atoms with E-state index in [0.717, 1.165) is 5.56 Å². The molecule has 2 rings (SSSR count). The Morgan fingerprint density at radius 2 is 1.73 bits per heavy atom. The molecular weight excluding hydrogens is 360 g/mol. The van der Waals surface area contributed by atoms with E-state index in [-0.39, 0.29) is 45.3 Å². The molecule has 0 saturated carbocycles. The number of ether oxygens (including phenoxy) is 2. The number of carbonyl (C=O) groups excluding carboxylic acids is 2. The Morgan fingerprint density at radius 3 is 2.35 bits per heavy atom. The van der Waals surface area contributed by atoms with Crippen LogP contribution in [0.15, 0.2) is 35.7 Å². The largest absolute Gasteiger partial charge is 0.454 e. The van der Waals surface area contributed by atoms with Crippen LogP contribution in [0.5, 0.6) is 0 Å². The van der Waals surface area contributed by atoms with E-state index in [1.165, 1.54) is 21.7 Å². The normalized spacial score (nSPS) is 16.0. The van der Waals surface area contributed by atoms with Crippen LogP contribution in [-0.4, -0.2) is 76.0 Å². The second-order valence-corrected chi connectivity index (χ2v) is 7.45. The first-order valence-electron chi connectivity index (χ1n) is 8.08. The molecule has 1 heterocycles. The molecule has 0 unspecified atom stereocenters. The molecule has 1 saturated heterocycles. The van der Waals surface area contributed by atoms with Gasteiger partial charge in [0.05, 0.1) is 0 Å². The highest BCUT2D eigenvalue weighted by Gasteiger charge is 2.27. The Kier molecular flexibility index (Phi) is 7.31. The van der Waals surface area contributed by atoms with E-state index in [1.54, 1.807) is 6.08 Å². The van der Waals surface area contributed by atoms with Crippen molar-refractivity contribution in [1.29, 1.82) is 0 Å². The van der Waals surface area contributed by atoms with Gasteiger partial charge in [0, 0.05) is 38.7 Å². The first-order chi connectivity index (χ1) is 12.4. The Hall–Kier alpha value is -2.23. The fourth-order valence-corrected chi connectivity index (χ4v) is 3.57. The average Bonchev–Trinajstić information content (AvgIpc) is 2.66. The second kappa shape index (κ2) is 9.46. The van der Waals surface area contributed by atoms with Crippen LogP contribution < -0.4 is 0 Å². The zero-order valence-electron chi connectivity index (χ0n) is 14.5. The van der Waals surface area contributed by atoms with Crippen molar-refractivity contribution in [2.45, 2.75) is 0 Å². The van der Waals surface area contributed by atoms with Crippen molar-refractivity contribution in [2.24, 2.45) is 0 Å². The minimum atomic E-state index is -3.55. The van der Waals surface area contributed by atoms with Crippen molar-refractivity contribution >= 4 is 28.0 Å². The first kappa shape index (κ1) is 20.1. The van der Waals surface area contributed by atoms with Crippen LogP contribution in [0.1, 0.15) is 5.56 Å². The summed E-state index contributed by atoms with van der Waals surface area (Å²) in [5, 5.41) is 1.17. The number of methoxy groups -OCH3 is 1. The van der Waals surface area contributed by atoms with E-state index in [2.05, 4.69) is 4.74 Å². The lowest BCUT2D eigenvalue weighted by Crippen LogP contribution is -2.51. The van der Waals surface area contributed by atoms with E-state index >= 15 is 0 Å². The van der Waals surface area contributed by atoms with Gasteiger partial charge in [-0.1, -0.05) is 30.3 Å². The molecule has 1 aliphatic heterocycles. The highest BCUT2D eigenvalue weighted by Crippen LogP contribution is 2.11. The molecule has 0 aliphatic carbocycles. The Bertz CT molecular complexity index is 740. The number of amides is 1. The van der Waals surface area contributed by atoms with Crippen LogP contribution in [0.2, 0.25) is 0 Å². The van der Waals surface area contributed by atoms with Crippen molar-refractivity contribution in [3.8, 4) is 0 Å². The standard InChI is InChI=1S/C17H22N2O6S/c1-24-14-17(21)25-13-16(20)18-8-10-19(11-9-18)26(22,23)12-7-15-5-3-2-4-6-15/h2-7,12H,8-11,13-14H2,1H3/b12-7+. The molecular formula is C17H22N2O6S. The molecule has 0 N–H and O–H groups in total. The molecule has 0 atom stereocenters. The lowest BCUT2D eigenvalue weighted by Gasteiger charge is -2.33. The van der Waals surface area contributed by atoms with Crippen LogP contribution in [-0.2, 0) is 29.1 Å². The Balaban J connectivity index is 1.84. The van der Waals surface area contributed by atoms with Crippen molar-refractivity contribution in [2.75, 3.05) is 46.5 Å². The van der Waals surface area contributed by atoms with Gasteiger partial charge in [-0.15, -0.1) is 0 Å². The van der Waals surface area contributed by atoms with Gasteiger partial charge >= 0.3 is 5.97 Å². The summed E-state index contributed by atoms with van der Waals surface area (Å²) in [5.74, 6) is -0.973. The lowest BCUT2D eigenvalue weighted by atomic mass is 10.2. The van der Waals surface area contributed by atoms with Gasteiger partial charge in [-0.3, -0.25) is 4.79 Å². The molecule has 0 radical (unpaired) electrons. The third-order valence-corrected chi connectivity index (χ3v) is 5.37. The number of esters is 1. The van der Waals surface area contributed by atoms with Gasteiger partial charge in [-0.25, -0.2) is 13.2 Å². The summed E-state index contributed by atoms with van der Waals surface area (Å²) in [6.07, 6.45) is 1.54. The number of piperazine rings is 1. The first-order valence-corrected chi connectivity index (χ1v) is 9.58. The molecule has 26 heavy (non-hydrogen) atoms. The molecule has 1 aliphatic rings. The van der Waals surface area contributed by atoms with Crippen LogP contribution in [0.25, 0.3) is 6.08 Å². The summed E-state index contributed by atoms with van der Waals surface area (Å²) in [4.78, 5) is 24.7. The number of sulfonamides is 1. The molecule has 8 nitrogen and oxygen atoms in total. The molecule has 1 aromatic carbocycles. The summed E-state index contributed by atoms with van der Waals surface area (Å²) in [5.41, 5.74) is 0.794. The van der Waals surface area contributed by atoms with E-state index in [4.69, 9.17) is 4.74 Å². The number of hydrogen-bond donors (Lipinski definition) is 0. The molecule has 0 bridgehead atoms. The zero-order valence-corrected chi connectivity index (χ0v) is 15.4. The van der Waals surface area contributed by atoms with Crippen molar-refractivity contribution in [3.63, 3.8) is 0 Å². The van der Waals surface area contributed by atoms with Crippen LogP contribution >= 0.6 is 0 Å². The molecule has 0 spiro atoms. The summed E-state index contributed by atoms with van der Waals surface area (Å²) in [6, 6.07) is 9.14. The topological polar surface area (TPSA) is 93.2 Å². The average molecular weight is 382 g/mol. The highest BCUT2D eigenvalue weighted by molar-refractivity contribution is 7.92. The maximum Gasteiger partial charge on any atom is 0.332 e. The third-order valence-electron chi connectivity index (χ3n) is 3.80. The van der Waals surface area contributed by atoms with Crippen LogP contribution in [0.3, 0.4) is 0 Å². The fraction of sp³-hybridized carbons (Fsp3) is 0.412. The SMILES string of the molecule is COCC(=O)OCC(=O)N1CCN(S(=O)(=O)/C=C/c2ccccc2)CC1. The molecule has 9 heteroatoms. The number of nitrogens with zero attached hydrogens (tertiary/aromatic N) is 2.